The third-order valence-electron chi connectivity index (χ3n) is 6.05. The van der Waals surface area contributed by atoms with E-state index in [-0.39, 0.29) is 5.56 Å². The molecule has 34 heavy (non-hydrogen) atoms. The second-order valence-electron chi connectivity index (χ2n) is 8.65. The number of nitrogens with zero attached hydrogens (tertiary/aromatic N) is 5. The summed E-state index contributed by atoms with van der Waals surface area (Å²) in [5.74, 6) is 1.17. The van der Waals surface area contributed by atoms with Gasteiger partial charge in [0.2, 0.25) is 11.5 Å². The number of hydrogen-bond acceptors (Lipinski definition) is 5. The molecular formula is C26H27N6O2+. The van der Waals surface area contributed by atoms with E-state index in [2.05, 4.69) is 31.0 Å². The van der Waals surface area contributed by atoms with E-state index in [9.17, 15) is 4.79 Å². The lowest BCUT2D eigenvalue weighted by molar-refractivity contribution is -0.368. The summed E-state index contributed by atoms with van der Waals surface area (Å²) in [6, 6.07) is 15.9. The number of fused-ring (bicyclic) bond motifs is 4. The first-order valence-electron chi connectivity index (χ1n) is 11.3. The minimum absolute atomic E-state index is 0.145. The van der Waals surface area contributed by atoms with Crippen LogP contribution in [0.3, 0.4) is 0 Å². The van der Waals surface area contributed by atoms with Gasteiger partial charge in [-0.3, -0.25) is 0 Å². The van der Waals surface area contributed by atoms with Crippen LogP contribution in [0.25, 0.3) is 33.2 Å². The van der Waals surface area contributed by atoms with Gasteiger partial charge >= 0.3 is 5.56 Å². The van der Waals surface area contributed by atoms with Crippen LogP contribution in [0.2, 0.25) is 0 Å². The average Bonchev–Trinajstić information content (AvgIpc) is 3.13. The van der Waals surface area contributed by atoms with Crippen LogP contribution in [-0.4, -0.2) is 39.1 Å². The maximum absolute atomic E-state index is 13.5. The molecule has 172 valence electrons. The number of aryl methyl sites for hydroxylation is 1. The number of nitrogens with one attached hydrogen (secondary N) is 1. The fourth-order valence-electron chi connectivity index (χ4n) is 4.13. The summed E-state index contributed by atoms with van der Waals surface area (Å²) in [5, 5.41) is 5.19. The molecule has 8 nitrogen and oxygen atoms in total. The number of aromatic nitrogens is 5. The topological polar surface area (TPSA) is 88.4 Å². The van der Waals surface area contributed by atoms with Crippen molar-refractivity contribution in [3.63, 3.8) is 0 Å². The SMILES string of the molecule is COCCn1c(C)[nH+]c2c(c1=O)c1nc3ccccc3nc1n2N=Cc1ccc(C(C)C)cc1. The highest BCUT2D eigenvalue weighted by Crippen LogP contribution is 2.24. The maximum atomic E-state index is 13.5. The molecule has 5 aromatic rings. The van der Waals surface area contributed by atoms with Gasteiger partial charge in [0.15, 0.2) is 5.39 Å². The largest absolute Gasteiger partial charge is 0.381 e. The lowest BCUT2D eigenvalue weighted by Crippen LogP contribution is -2.32. The Kier molecular flexibility index (Phi) is 5.67. The molecule has 0 aliphatic carbocycles. The Morgan fingerprint density at radius 1 is 1.09 bits per heavy atom. The molecule has 0 saturated carbocycles. The summed E-state index contributed by atoms with van der Waals surface area (Å²) in [7, 11) is 1.62. The molecule has 1 N–H and O–H groups in total. The van der Waals surface area contributed by atoms with E-state index in [4.69, 9.17) is 19.8 Å². The van der Waals surface area contributed by atoms with Crippen molar-refractivity contribution < 1.29 is 9.72 Å². The molecule has 3 heterocycles. The molecule has 0 spiro atoms. The fraction of sp³-hybridized carbons (Fsp3) is 0.269. The Hall–Kier alpha value is -3.91. The number of hydrogen-bond donors (Lipinski definition) is 0. The van der Waals surface area contributed by atoms with Gasteiger partial charge in [0.1, 0.15) is 5.52 Å². The van der Waals surface area contributed by atoms with Gasteiger partial charge in [-0.2, -0.15) is 0 Å². The molecule has 5 rings (SSSR count). The molecule has 0 saturated heterocycles. The predicted octanol–water partition coefficient (Wildman–Crippen LogP) is 3.67. The van der Waals surface area contributed by atoms with Gasteiger partial charge in [0.05, 0.1) is 30.4 Å². The maximum Gasteiger partial charge on any atom is 0.323 e. The van der Waals surface area contributed by atoms with Crippen molar-refractivity contribution >= 4 is 39.4 Å². The normalized spacial score (nSPS) is 12.1. The fourth-order valence-corrected chi connectivity index (χ4v) is 4.13. The van der Waals surface area contributed by atoms with Crippen LogP contribution in [0.5, 0.6) is 0 Å². The molecule has 0 radical (unpaired) electrons. The van der Waals surface area contributed by atoms with Gasteiger partial charge in [-0.05, 0) is 29.2 Å². The predicted molar refractivity (Wildman–Crippen MR) is 133 cm³/mol. The van der Waals surface area contributed by atoms with Gasteiger partial charge in [-0.25, -0.2) is 24.3 Å². The lowest BCUT2D eigenvalue weighted by Gasteiger charge is -2.04. The van der Waals surface area contributed by atoms with Gasteiger partial charge < -0.3 is 4.74 Å². The highest BCUT2D eigenvalue weighted by Gasteiger charge is 2.26. The Labute approximate surface area is 196 Å². The van der Waals surface area contributed by atoms with Gasteiger partial charge in [0.25, 0.3) is 5.65 Å². The number of H-pyrrole nitrogens is 1. The number of benzene rings is 2. The van der Waals surface area contributed by atoms with Gasteiger partial charge in [0, 0.05) is 14.0 Å². The Bertz CT molecular complexity index is 1600. The highest BCUT2D eigenvalue weighted by molar-refractivity contribution is 6.03. The van der Waals surface area contributed by atoms with Crippen molar-refractivity contribution in [1.29, 1.82) is 0 Å². The monoisotopic (exact) mass is 455 g/mol. The second kappa shape index (κ2) is 8.79. The van der Waals surface area contributed by atoms with E-state index in [0.717, 1.165) is 16.6 Å². The minimum Gasteiger partial charge on any atom is -0.381 e. The van der Waals surface area contributed by atoms with E-state index < -0.39 is 0 Å². The smallest absolute Gasteiger partial charge is 0.323 e. The molecule has 0 bridgehead atoms. The Morgan fingerprint density at radius 2 is 1.79 bits per heavy atom. The zero-order valence-electron chi connectivity index (χ0n) is 19.7. The molecule has 3 aromatic heterocycles. The summed E-state index contributed by atoms with van der Waals surface area (Å²) in [6.07, 6.45) is 1.78. The standard InChI is InChI=1S/C26H26N6O2/c1-16(2)19-11-9-18(10-12-19)15-27-32-24-22(26(33)31(13-14-34-4)17(3)28-24)23-25(32)30-21-8-6-5-7-20(21)29-23/h5-12,15-16H,13-14H2,1-4H3/p+1. The van der Waals surface area contributed by atoms with E-state index in [1.165, 1.54) is 5.56 Å². The van der Waals surface area contributed by atoms with Crippen LogP contribution in [0.1, 0.15) is 36.7 Å². The van der Waals surface area contributed by atoms with Crippen LogP contribution in [0, 0.1) is 6.92 Å². The van der Waals surface area contributed by atoms with Gasteiger partial charge in [-0.15, -0.1) is 9.78 Å². The van der Waals surface area contributed by atoms with Crippen molar-refractivity contribution in [1.82, 2.24) is 19.2 Å². The third kappa shape index (κ3) is 3.76. The van der Waals surface area contributed by atoms with E-state index >= 15 is 0 Å². The zero-order valence-corrected chi connectivity index (χ0v) is 19.7. The van der Waals surface area contributed by atoms with Crippen LogP contribution >= 0.6 is 0 Å². The summed E-state index contributed by atoms with van der Waals surface area (Å²) in [5.41, 5.74) is 5.17. The first-order chi connectivity index (χ1) is 16.5. The van der Waals surface area contributed by atoms with Gasteiger partial charge in [-0.1, -0.05) is 50.2 Å². The quantitative estimate of drug-likeness (QED) is 0.366. The summed E-state index contributed by atoms with van der Waals surface area (Å²) in [6.45, 7) is 7.07. The molecular weight excluding hydrogens is 428 g/mol. The van der Waals surface area contributed by atoms with Crippen molar-refractivity contribution in [2.24, 2.45) is 5.10 Å². The summed E-state index contributed by atoms with van der Waals surface area (Å²) in [4.78, 5) is 26.5. The van der Waals surface area contributed by atoms with Crippen molar-refractivity contribution in [2.75, 3.05) is 13.7 Å². The van der Waals surface area contributed by atoms with Crippen LogP contribution in [0.4, 0.5) is 0 Å². The number of para-hydroxylation sites is 2. The number of ether oxygens (including phenoxy) is 1. The molecule has 0 fully saturated rings. The van der Waals surface area contributed by atoms with E-state index in [0.29, 0.717) is 47.1 Å². The average molecular weight is 456 g/mol. The van der Waals surface area contributed by atoms with Crippen molar-refractivity contribution in [2.45, 2.75) is 33.2 Å². The van der Waals surface area contributed by atoms with Crippen LogP contribution < -0.4 is 10.5 Å². The van der Waals surface area contributed by atoms with Crippen LogP contribution in [-0.2, 0) is 11.3 Å². The lowest BCUT2D eigenvalue weighted by atomic mass is 10.0. The Morgan fingerprint density at radius 3 is 2.47 bits per heavy atom. The number of rotatable bonds is 6. The number of methoxy groups -OCH3 is 1. The third-order valence-corrected chi connectivity index (χ3v) is 6.05. The molecule has 0 atom stereocenters. The van der Waals surface area contributed by atoms with Crippen molar-refractivity contribution in [3.8, 4) is 0 Å². The minimum atomic E-state index is -0.145. The first-order valence-corrected chi connectivity index (χ1v) is 11.3. The molecule has 0 aliphatic heterocycles. The number of aromatic amines is 1. The summed E-state index contributed by atoms with van der Waals surface area (Å²) < 4.78 is 8.54. The molecule has 0 aliphatic rings. The second-order valence-corrected chi connectivity index (χ2v) is 8.65. The van der Waals surface area contributed by atoms with Crippen LogP contribution in [0.15, 0.2) is 58.4 Å². The first kappa shape index (κ1) is 21.9. The van der Waals surface area contributed by atoms with Crippen molar-refractivity contribution in [3.05, 3.63) is 75.8 Å². The molecule has 0 unspecified atom stereocenters. The molecule has 0 amide bonds. The zero-order chi connectivity index (χ0) is 23.8. The Balaban J connectivity index is 1.76. The highest BCUT2D eigenvalue weighted by atomic mass is 16.5. The molecule has 2 aromatic carbocycles. The van der Waals surface area contributed by atoms with E-state index in [1.807, 2.05) is 43.3 Å². The summed E-state index contributed by atoms with van der Waals surface area (Å²) >= 11 is 0. The molecule has 8 heteroatoms. The van der Waals surface area contributed by atoms with E-state index in [1.54, 1.807) is 22.6 Å².